The number of methoxy groups -OCH3 is 1. The molecule has 158 valence electrons. The molecule has 1 saturated heterocycles. The van der Waals surface area contributed by atoms with Crippen molar-refractivity contribution in [1.29, 1.82) is 0 Å². The fraction of sp³-hybridized carbons (Fsp3) is 0.286. The van der Waals surface area contributed by atoms with Crippen LogP contribution in [-0.4, -0.2) is 43.3 Å². The summed E-state index contributed by atoms with van der Waals surface area (Å²) in [5.41, 5.74) is 1.49. The van der Waals surface area contributed by atoms with Crippen LogP contribution < -0.4 is 15.0 Å². The van der Waals surface area contributed by atoms with Crippen molar-refractivity contribution in [2.75, 3.05) is 23.9 Å². The van der Waals surface area contributed by atoms with Crippen LogP contribution in [0.5, 0.6) is 5.88 Å². The van der Waals surface area contributed by atoms with Crippen molar-refractivity contribution in [3.05, 3.63) is 54.8 Å². The Labute approximate surface area is 178 Å². The van der Waals surface area contributed by atoms with Gasteiger partial charge in [0.1, 0.15) is 17.3 Å². The molecule has 0 bridgehead atoms. The Hall–Kier alpha value is -3.95. The van der Waals surface area contributed by atoms with E-state index in [1.165, 1.54) is 0 Å². The van der Waals surface area contributed by atoms with Gasteiger partial charge in [-0.25, -0.2) is 4.98 Å². The maximum atomic E-state index is 5.69. The molecule has 10 nitrogen and oxygen atoms in total. The second kappa shape index (κ2) is 8.05. The SMILES string of the molecule is COc1cc(Nc2cn(C)cn2)nc(N2CCC[C@H]2c2cc(-c3ccccn3)no2)n1. The van der Waals surface area contributed by atoms with Crippen molar-refractivity contribution in [2.24, 2.45) is 7.05 Å². The number of hydrogen-bond acceptors (Lipinski definition) is 9. The van der Waals surface area contributed by atoms with Crippen LogP contribution in [0.15, 0.2) is 53.6 Å². The highest BCUT2D eigenvalue weighted by Crippen LogP contribution is 2.37. The van der Waals surface area contributed by atoms with Gasteiger partial charge in [-0.05, 0) is 25.0 Å². The average molecular weight is 418 g/mol. The second-order valence-electron chi connectivity index (χ2n) is 7.33. The van der Waals surface area contributed by atoms with E-state index in [1.807, 2.05) is 42.1 Å². The maximum absolute atomic E-state index is 5.69. The average Bonchev–Trinajstić information content (AvgIpc) is 3.55. The van der Waals surface area contributed by atoms with Gasteiger partial charge in [-0.3, -0.25) is 4.98 Å². The van der Waals surface area contributed by atoms with Crippen LogP contribution in [0.3, 0.4) is 0 Å². The predicted octanol–water partition coefficient (Wildman–Crippen LogP) is 3.35. The molecule has 1 aliphatic rings. The van der Waals surface area contributed by atoms with Crippen molar-refractivity contribution in [3.63, 3.8) is 0 Å². The van der Waals surface area contributed by atoms with Crippen LogP contribution in [0.4, 0.5) is 17.6 Å². The largest absolute Gasteiger partial charge is 0.481 e. The molecule has 1 fully saturated rings. The lowest BCUT2D eigenvalue weighted by molar-refractivity contribution is 0.361. The maximum Gasteiger partial charge on any atom is 0.231 e. The molecule has 5 rings (SSSR count). The van der Waals surface area contributed by atoms with Gasteiger partial charge in [0.2, 0.25) is 11.8 Å². The molecule has 0 saturated carbocycles. The topological polar surface area (TPSA) is 107 Å². The molecule has 0 unspecified atom stereocenters. The first-order valence-corrected chi connectivity index (χ1v) is 10.0. The highest BCUT2D eigenvalue weighted by Gasteiger charge is 2.32. The summed E-state index contributed by atoms with van der Waals surface area (Å²) in [6.07, 6.45) is 7.25. The number of ether oxygens (including phenoxy) is 1. The second-order valence-corrected chi connectivity index (χ2v) is 7.33. The number of aromatic nitrogens is 6. The van der Waals surface area contributed by atoms with Crippen LogP contribution in [0.1, 0.15) is 24.6 Å². The van der Waals surface area contributed by atoms with Gasteiger partial charge < -0.3 is 24.0 Å². The van der Waals surface area contributed by atoms with Gasteiger partial charge in [0.15, 0.2) is 5.76 Å². The van der Waals surface area contributed by atoms with Crippen molar-refractivity contribution in [3.8, 4) is 17.3 Å². The quantitative estimate of drug-likeness (QED) is 0.504. The number of pyridine rings is 1. The Morgan fingerprint density at radius 2 is 2.06 bits per heavy atom. The number of aryl methyl sites for hydroxylation is 1. The molecular formula is C21H22N8O2. The molecule has 1 aliphatic heterocycles. The summed E-state index contributed by atoms with van der Waals surface area (Å²) in [5, 5.41) is 7.43. The van der Waals surface area contributed by atoms with Crippen LogP contribution in [-0.2, 0) is 7.05 Å². The zero-order valence-corrected chi connectivity index (χ0v) is 17.3. The summed E-state index contributed by atoms with van der Waals surface area (Å²) < 4.78 is 13.0. The van der Waals surface area contributed by atoms with E-state index in [4.69, 9.17) is 14.2 Å². The molecular weight excluding hydrogens is 396 g/mol. The summed E-state index contributed by atoms with van der Waals surface area (Å²) in [6, 6.07) is 9.39. The van der Waals surface area contributed by atoms with Gasteiger partial charge in [-0.15, -0.1) is 0 Å². The van der Waals surface area contributed by atoms with Gasteiger partial charge in [0.25, 0.3) is 0 Å². The number of imidazole rings is 1. The van der Waals surface area contributed by atoms with E-state index >= 15 is 0 Å². The van der Waals surface area contributed by atoms with E-state index in [9.17, 15) is 0 Å². The van der Waals surface area contributed by atoms with Crippen LogP contribution >= 0.6 is 0 Å². The number of nitrogens with one attached hydrogen (secondary N) is 1. The number of nitrogens with zero attached hydrogens (tertiary/aromatic N) is 7. The van der Waals surface area contributed by atoms with E-state index < -0.39 is 0 Å². The van der Waals surface area contributed by atoms with Crippen molar-refractivity contribution in [1.82, 2.24) is 29.7 Å². The van der Waals surface area contributed by atoms with Crippen LogP contribution in [0.2, 0.25) is 0 Å². The van der Waals surface area contributed by atoms with Crippen molar-refractivity contribution >= 4 is 17.6 Å². The van der Waals surface area contributed by atoms with Gasteiger partial charge in [0.05, 0.1) is 25.2 Å². The number of anilines is 3. The Kier molecular flexibility index (Phi) is 4.95. The smallest absolute Gasteiger partial charge is 0.231 e. The minimum atomic E-state index is -0.0141. The number of rotatable bonds is 6. The fourth-order valence-electron chi connectivity index (χ4n) is 3.70. The molecule has 5 heterocycles. The lowest BCUT2D eigenvalue weighted by atomic mass is 10.1. The predicted molar refractivity (Wildman–Crippen MR) is 114 cm³/mol. The minimum Gasteiger partial charge on any atom is -0.481 e. The molecule has 1 atom stereocenters. The Morgan fingerprint density at radius 1 is 1.13 bits per heavy atom. The van der Waals surface area contributed by atoms with E-state index in [1.54, 1.807) is 25.7 Å². The van der Waals surface area contributed by atoms with Gasteiger partial charge >= 0.3 is 0 Å². The molecule has 4 aromatic heterocycles. The molecule has 0 aliphatic carbocycles. The van der Waals surface area contributed by atoms with E-state index in [-0.39, 0.29) is 6.04 Å². The molecule has 4 aromatic rings. The Balaban J connectivity index is 1.43. The van der Waals surface area contributed by atoms with Gasteiger partial charge in [-0.1, -0.05) is 11.2 Å². The minimum absolute atomic E-state index is 0.0141. The summed E-state index contributed by atoms with van der Waals surface area (Å²) in [6.45, 7) is 0.806. The summed E-state index contributed by atoms with van der Waals surface area (Å²) in [5.74, 6) is 3.11. The highest BCUT2D eigenvalue weighted by atomic mass is 16.5. The van der Waals surface area contributed by atoms with Gasteiger partial charge in [-0.2, -0.15) is 9.97 Å². The number of hydrogen-bond donors (Lipinski definition) is 1. The molecule has 0 radical (unpaired) electrons. The zero-order chi connectivity index (χ0) is 21.2. The highest BCUT2D eigenvalue weighted by molar-refractivity contribution is 5.56. The molecule has 1 N–H and O–H groups in total. The molecule has 10 heteroatoms. The normalized spacial score (nSPS) is 15.9. The van der Waals surface area contributed by atoms with E-state index in [2.05, 4.69) is 30.3 Å². The molecule has 31 heavy (non-hydrogen) atoms. The first-order valence-electron chi connectivity index (χ1n) is 10.0. The fourth-order valence-corrected chi connectivity index (χ4v) is 3.70. The third-order valence-corrected chi connectivity index (χ3v) is 5.15. The molecule has 0 spiro atoms. The third kappa shape index (κ3) is 3.91. The van der Waals surface area contributed by atoms with Crippen molar-refractivity contribution < 1.29 is 9.26 Å². The first-order chi connectivity index (χ1) is 15.2. The monoisotopic (exact) mass is 418 g/mol. The van der Waals surface area contributed by atoms with Gasteiger partial charge in [0, 0.05) is 38.1 Å². The Morgan fingerprint density at radius 3 is 2.84 bits per heavy atom. The summed E-state index contributed by atoms with van der Waals surface area (Å²) in [4.78, 5) is 20.0. The lowest BCUT2D eigenvalue weighted by Crippen LogP contribution is -2.24. The zero-order valence-electron chi connectivity index (χ0n) is 17.3. The molecule has 0 aromatic carbocycles. The lowest BCUT2D eigenvalue weighted by Gasteiger charge is -2.23. The summed E-state index contributed by atoms with van der Waals surface area (Å²) >= 11 is 0. The third-order valence-electron chi connectivity index (χ3n) is 5.15. The summed E-state index contributed by atoms with van der Waals surface area (Å²) in [7, 11) is 3.50. The van der Waals surface area contributed by atoms with E-state index in [0.29, 0.717) is 29.2 Å². The van der Waals surface area contributed by atoms with Crippen molar-refractivity contribution in [2.45, 2.75) is 18.9 Å². The first kappa shape index (κ1) is 19.0. The van der Waals surface area contributed by atoms with Crippen LogP contribution in [0.25, 0.3) is 11.4 Å². The Bertz CT molecular complexity index is 1170. The van der Waals surface area contributed by atoms with E-state index in [0.717, 1.165) is 30.8 Å². The standard InChI is InChI=1S/C21H22N8O2/c1-28-12-19(23-13-28)24-18-11-20(30-2)26-21(25-18)29-9-5-7-16(29)17-10-15(27-31-17)14-6-3-4-8-22-14/h3-4,6,8,10-13,16H,5,7,9H2,1-2H3,(H,24,25,26)/t16-/m0/s1. The molecule has 0 amide bonds. The van der Waals surface area contributed by atoms with Crippen LogP contribution in [0, 0.1) is 0 Å².